The molecule has 4 rings (SSSR count). The quantitative estimate of drug-likeness (QED) is 0.390. The first-order valence-corrected chi connectivity index (χ1v) is 13.7. The predicted octanol–water partition coefficient (Wildman–Crippen LogP) is 5.24. The molecule has 0 spiro atoms. The molecule has 3 heterocycles. The molecule has 0 saturated carbocycles. The van der Waals surface area contributed by atoms with Crippen LogP contribution in [0.1, 0.15) is 71.3 Å². The van der Waals surface area contributed by atoms with Gasteiger partial charge < -0.3 is 28.6 Å². The van der Waals surface area contributed by atoms with E-state index in [2.05, 4.69) is 17.1 Å². The van der Waals surface area contributed by atoms with Crippen LogP contribution in [0.15, 0.2) is 24.3 Å². The summed E-state index contributed by atoms with van der Waals surface area (Å²) < 4.78 is 31.3. The van der Waals surface area contributed by atoms with Crippen LogP contribution in [-0.2, 0) is 23.7 Å². The van der Waals surface area contributed by atoms with Crippen molar-refractivity contribution in [2.24, 2.45) is 0 Å². The van der Waals surface area contributed by atoms with Crippen molar-refractivity contribution in [2.45, 2.75) is 103 Å². The Morgan fingerprint density at radius 2 is 1.81 bits per heavy atom. The Morgan fingerprint density at radius 1 is 1.08 bits per heavy atom. The molecule has 0 aliphatic carbocycles. The van der Waals surface area contributed by atoms with Gasteiger partial charge in [0.05, 0.1) is 0 Å². The first-order valence-electron chi connectivity index (χ1n) is 13.7. The summed E-state index contributed by atoms with van der Waals surface area (Å²) in [5, 5.41) is 2.84. The highest BCUT2D eigenvalue weighted by Crippen LogP contribution is 2.47. The maximum Gasteiger partial charge on any atom is 0.412 e. The Hall–Kier alpha value is -1.71. The van der Waals surface area contributed by atoms with E-state index in [0.29, 0.717) is 18.8 Å². The lowest BCUT2D eigenvalue weighted by Crippen LogP contribution is -2.46. The van der Waals surface area contributed by atoms with Crippen LogP contribution in [0.4, 0.5) is 10.5 Å². The molecule has 3 saturated heterocycles. The largest absolute Gasteiger partial charge is 0.440 e. The Balaban J connectivity index is 1.44. The van der Waals surface area contributed by atoms with Crippen molar-refractivity contribution >= 4 is 11.8 Å². The van der Waals surface area contributed by atoms with Crippen LogP contribution in [0, 0.1) is 6.92 Å². The van der Waals surface area contributed by atoms with Crippen molar-refractivity contribution in [2.75, 3.05) is 38.2 Å². The van der Waals surface area contributed by atoms with Crippen LogP contribution in [0.3, 0.4) is 0 Å². The van der Waals surface area contributed by atoms with Crippen LogP contribution in [0.2, 0.25) is 0 Å². The number of rotatable bonds is 12. The van der Waals surface area contributed by atoms with E-state index in [4.69, 9.17) is 23.7 Å². The Bertz CT molecular complexity index is 841. The number of hydrogen-bond donors (Lipinski definition) is 1. The maximum atomic E-state index is 12.9. The van der Waals surface area contributed by atoms with E-state index in [1.165, 1.54) is 32.1 Å². The van der Waals surface area contributed by atoms with Gasteiger partial charge in [0, 0.05) is 18.8 Å². The van der Waals surface area contributed by atoms with Gasteiger partial charge in [-0.15, -0.1) is 0 Å². The second kappa shape index (κ2) is 12.2. The number of fused-ring (bicyclic) bond motifs is 1. The summed E-state index contributed by atoms with van der Waals surface area (Å²) in [4.78, 5) is 15.3. The molecule has 36 heavy (non-hydrogen) atoms. The molecule has 1 aromatic rings. The smallest absolute Gasteiger partial charge is 0.412 e. The summed E-state index contributed by atoms with van der Waals surface area (Å²) in [6.07, 6.45) is 6.08. The number of carbonyl (C=O) groups is 1. The number of unbranched alkanes of at least 4 members (excludes halogenated alkanes) is 4. The molecule has 3 aliphatic rings. The van der Waals surface area contributed by atoms with E-state index in [1.54, 1.807) is 0 Å². The molecular formula is C28H44N2O6. The van der Waals surface area contributed by atoms with Gasteiger partial charge in [-0.2, -0.15) is 0 Å². The first-order chi connectivity index (χ1) is 17.3. The predicted molar refractivity (Wildman–Crippen MR) is 138 cm³/mol. The number of amides is 1. The lowest BCUT2D eigenvalue weighted by Gasteiger charge is -2.30. The zero-order valence-electron chi connectivity index (χ0n) is 22.4. The highest BCUT2D eigenvalue weighted by atomic mass is 16.9. The summed E-state index contributed by atoms with van der Waals surface area (Å²) in [6, 6.07) is 7.62. The molecule has 1 N–H and O–H groups in total. The molecule has 202 valence electrons. The van der Waals surface area contributed by atoms with E-state index >= 15 is 0 Å². The Morgan fingerprint density at radius 3 is 2.53 bits per heavy atom. The maximum absolute atomic E-state index is 12.9. The van der Waals surface area contributed by atoms with Crippen LogP contribution >= 0.6 is 0 Å². The van der Waals surface area contributed by atoms with Gasteiger partial charge in [0.2, 0.25) is 5.79 Å². The number of nitrogens with zero attached hydrogens (tertiary/aromatic N) is 1. The molecule has 4 atom stereocenters. The standard InChI is InChI=1S/C28H44N2O6/c1-5-6-7-8-11-18-32-20-28-25(35-27(3,4)36-28)24(23(34-28)19-30-16-9-10-17-30)33-26(31)29-22-14-12-21(2)13-15-22/h12-15,23-25H,5-11,16-20H2,1-4H3,(H,29,31)/t23-,24+,25-,28-/m0/s1. The minimum Gasteiger partial charge on any atom is -0.440 e. The molecule has 8 heteroatoms. The fourth-order valence-corrected chi connectivity index (χ4v) is 5.39. The number of aryl methyl sites for hydroxylation is 1. The molecule has 1 aromatic carbocycles. The third-order valence-electron chi connectivity index (χ3n) is 7.15. The molecule has 3 aliphatic heterocycles. The first kappa shape index (κ1) is 27.3. The summed E-state index contributed by atoms with van der Waals surface area (Å²) >= 11 is 0. The normalized spacial score (nSPS) is 29.4. The molecule has 0 unspecified atom stereocenters. The van der Waals surface area contributed by atoms with Crippen LogP contribution in [0.25, 0.3) is 0 Å². The van der Waals surface area contributed by atoms with E-state index in [0.717, 1.165) is 31.5 Å². The third kappa shape index (κ3) is 6.98. The van der Waals surface area contributed by atoms with Gasteiger partial charge in [-0.25, -0.2) is 4.79 Å². The van der Waals surface area contributed by atoms with Gasteiger partial charge >= 0.3 is 6.09 Å². The number of ether oxygens (including phenoxy) is 5. The van der Waals surface area contributed by atoms with Crippen molar-refractivity contribution in [1.82, 2.24) is 4.90 Å². The molecule has 0 aromatic heterocycles. The molecule has 1 amide bonds. The van der Waals surface area contributed by atoms with Gasteiger partial charge in [-0.3, -0.25) is 5.32 Å². The van der Waals surface area contributed by atoms with Crippen molar-refractivity contribution in [3.05, 3.63) is 29.8 Å². The average Bonchev–Trinajstić information content (AvgIpc) is 3.49. The van der Waals surface area contributed by atoms with E-state index < -0.39 is 29.9 Å². The van der Waals surface area contributed by atoms with Crippen LogP contribution in [0.5, 0.6) is 0 Å². The topological polar surface area (TPSA) is 78.5 Å². The Labute approximate surface area is 215 Å². The molecule has 3 fully saturated rings. The number of benzene rings is 1. The van der Waals surface area contributed by atoms with Crippen molar-refractivity contribution in [3.63, 3.8) is 0 Å². The van der Waals surface area contributed by atoms with Crippen molar-refractivity contribution in [1.29, 1.82) is 0 Å². The number of hydrogen-bond acceptors (Lipinski definition) is 7. The number of likely N-dealkylation sites (tertiary alicyclic amines) is 1. The van der Waals surface area contributed by atoms with Gasteiger partial charge in [-0.05, 0) is 65.3 Å². The summed E-state index contributed by atoms with van der Waals surface area (Å²) in [5.41, 5.74) is 1.81. The fraction of sp³-hybridized carbons (Fsp3) is 0.750. The second-order valence-corrected chi connectivity index (χ2v) is 10.8. The number of anilines is 1. The highest BCUT2D eigenvalue weighted by Gasteiger charge is 2.66. The van der Waals surface area contributed by atoms with Crippen molar-refractivity contribution in [3.8, 4) is 0 Å². The molecular weight excluding hydrogens is 460 g/mol. The zero-order chi connectivity index (χ0) is 25.6. The van der Waals surface area contributed by atoms with E-state index in [9.17, 15) is 4.79 Å². The zero-order valence-corrected chi connectivity index (χ0v) is 22.4. The monoisotopic (exact) mass is 504 g/mol. The lowest BCUT2D eigenvalue weighted by molar-refractivity contribution is -0.278. The van der Waals surface area contributed by atoms with Crippen molar-refractivity contribution < 1.29 is 28.5 Å². The lowest BCUT2D eigenvalue weighted by atomic mass is 10.0. The summed E-state index contributed by atoms with van der Waals surface area (Å²) in [7, 11) is 0. The van der Waals surface area contributed by atoms with Gasteiger partial charge in [-0.1, -0.05) is 50.3 Å². The summed E-state index contributed by atoms with van der Waals surface area (Å²) in [5.74, 6) is -1.98. The minimum atomic E-state index is -1.11. The van der Waals surface area contributed by atoms with E-state index in [1.807, 2.05) is 45.0 Å². The molecule has 8 nitrogen and oxygen atoms in total. The van der Waals surface area contributed by atoms with Gasteiger partial charge in [0.15, 0.2) is 18.0 Å². The van der Waals surface area contributed by atoms with Crippen LogP contribution in [-0.4, -0.2) is 73.7 Å². The van der Waals surface area contributed by atoms with Crippen LogP contribution < -0.4 is 5.32 Å². The van der Waals surface area contributed by atoms with Gasteiger partial charge in [0.25, 0.3) is 0 Å². The minimum absolute atomic E-state index is 0.241. The molecule has 0 bridgehead atoms. The molecule has 0 radical (unpaired) electrons. The highest BCUT2D eigenvalue weighted by molar-refractivity contribution is 5.84. The van der Waals surface area contributed by atoms with E-state index in [-0.39, 0.29) is 12.7 Å². The number of carbonyl (C=O) groups excluding carboxylic acids is 1. The second-order valence-electron chi connectivity index (χ2n) is 10.8. The van der Waals surface area contributed by atoms with Gasteiger partial charge in [0.1, 0.15) is 12.7 Å². The average molecular weight is 505 g/mol. The number of nitrogens with one attached hydrogen (secondary N) is 1. The SMILES string of the molecule is CCCCCCCOC[C@@]12O[C@@H](CN3CCCC3)[C@@H](OC(=O)Nc3ccc(C)cc3)[C@@H]1OC(C)(C)O2. The third-order valence-corrected chi connectivity index (χ3v) is 7.15. The summed E-state index contributed by atoms with van der Waals surface area (Å²) in [6.45, 7) is 11.5. The fourth-order valence-electron chi connectivity index (χ4n) is 5.39. The Kier molecular flexibility index (Phi) is 9.28.